The first-order valence-electron chi connectivity index (χ1n) is 8.93. The summed E-state index contributed by atoms with van der Waals surface area (Å²) in [5, 5.41) is 26.0. The molecule has 1 aromatic heterocycles. The summed E-state index contributed by atoms with van der Waals surface area (Å²) in [6.07, 6.45) is 2.98. The summed E-state index contributed by atoms with van der Waals surface area (Å²) < 4.78 is 1.78. The molecule has 1 heterocycles. The summed E-state index contributed by atoms with van der Waals surface area (Å²) >= 11 is 0. The number of rotatable bonds is 10. The summed E-state index contributed by atoms with van der Waals surface area (Å²) in [5.74, 6) is -0.825. The van der Waals surface area contributed by atoms with E-state index in [1.165, 1.54) is 0 Å². The Hall–Kier alpha value is -2.65. The lowest BCUT2D eigenvalue weighted by atomic mass is 9.97. The molecule has 6 heteroatoms. The normalized spacial score (nSPS) is 12.1. The molecular formula is C20H26N4O2. The summed E-state index contributed by atoms with van der Waals surface area (Å²) in [7, 11) is 0. The van der Waals surface area contributed by atoms with Crippen LogP contribution in [0.25, 0.3) is 11.3 Å². The Morgan fingerprint density at radius 3 is 2.69 bits per heavy atom. The first-order valence-corrected chi connectivity index (χ1v) is 8.93. The molecule has 2 rings (SSSR count). The monoisotopic (exact) mass is 354 g/mol. The molecule has 0 aliphatic heterocycles. The molecule has 0 radical (unpaired) electrons. The van der Waals surface area contributed by atoms with Crippen molar-refractivity contribution in [3.05, 3.63) is 42.1 Å². The van der Waals surface area contributed by atoms with E-state index in [9.17, 15) is 9.90 Å². The molecule has 0 aliphatic carbocycles. The number of nitrogens with one attached hydrogen (secondary N) is 1. The first kappa shape index (κ1) is 19.7. The minimum absolute atomic E-state index is 0.339. The molecule has 26 heavy (non-hydrogen) atoms. The maximum atomic E-state index is 11.4. The molecule has 1 atom stereocenters. The lowest BCUT2D eigenvalue weighted by molar-refractivity contribution is -0.142. The van der Waals surface area contributed by atoms with E-state index in [4.69, 9.17) is 5.26 Å². The zero-order valence-electron chi connectivity index (χ0n) is 15.4. The van der Waals surface area contributed by atoms with Crippen LogP contribution in [0.2, 0.25) is 0 Å². The molecule has 0 bridgehead atoms. The summed E-state index contributed by atoms with van der Waals surface area (Å²) in [6, 6.07) is 12.0. The molecule has 1 aromatic carbocycles. The van der Waals surface area contributed by atoms with Crippen LogP contribution in [0.3, 0.4) is 0 Å². The van der Waals surface area contributed by atoms with Gasteiger partial charge in [0, 0.05) is 30.4 Å². The zero-order chi connectivity index (χ0) is 18.9. The predicted octanol–water partition coefficient (Wildman–Crippen LogP) is 3.30. The number of aromatic nitrogens is 2. The van der Waals surface area contributed by atoms with Crippen LogP contribution < -0.4 is 5.32 Å². The van der Waals surface area contributed by atoms with Crippen LogP contribution in [-0.4, -0.2) is 27.4 Å². The van der Waals surface area contributed by atoms with Gasteiger partial charge in [-0.2, -0.15) is 10.4 Å². The van der Waals surface area contributed by atoms with Gasteiger partial charge >= 0.3 is 5.97 Å². The number of carboxylic acids is 1. The Morgan fingerprint density at radius 1 is 1.35 bits per heavy atom. The van der Waals surface area contributed by atoms with Crippen LogP contribution in [0.15, 0.2) is 36.5 Å². The number of hydrogen-bond acceptors (Lipinski definition) is 4. The zero-order valence-corrected chi connectivity index (χ0v) is 15.4. The standard InChI is InChI=1S/C20H26N4O2/c1-15(2)11-17(20(25)26)12-22-13-18-14-24(10-6-9-21)23-19(18)16-7-4-3-5-8-16/h3-5,7-8,14-15,17,22H,6,10-13H2,1-2H3,(H,25,26). The second kappa shape index (κ2) is 9.73. The molecule has 0 saturated heterocycles. The summed E-state index contributed by atoms with van der Waals surface area (Å²) in [5.41, 5.74) is 2.88. The smallest absolute Gasteiger partial charge is 0.307 e. The van der Waals surface area contributed by atoms with Crippen molar-refractivity contribution in [3.63, 3.8) is 0 Å². The van der Waals surface area contributed by atoms with E-state index in [1.54, 1.807) is 4.68 Å². The number of nitrogens with zero attached hydrogens (tertiary/aromatic N) is 3. The Morgan fingerprint density at radius 2 is 2.08 bits per heavy atom. The number of nitriles is 1. The molecule has 0 saturated carbocycles. The number of aryl methyl sites for hydroxylation is 1. The lowest BCUT2D eigenvalue weighted by Gasteiger charge is -2.15. The van der Waals surface area contributed by atoms with Crippen molar-refractivity contribution >= 4 is 5.97 Å². The van der Waals surface area contributed by atoms with Gasteiger partial charge in [0.25, 0.3) is 0 Å². The number of benzene rings is 1. The quantitative estimate of drug-likeness (QED) is 0.683. The van der Waals surface area contributed by atoms with Crippen molar-refractivity contribution in [3.8, 4) is 17.3 Å². The van der Waals surface area contributed by atoms with Gasteiger partial charge in [-0.1, -0.05) is 44.2 Å². The number of aliphatic carboxylic acids is 1. The van der Waals surface area contributed by atoms with Gasteiger partial charge in [0.15, 0.2) is 0 Å². The van der Waals surface area contributed by atoms with Gasteiger partial charge in [-0.15, -0.1) is 0 Å². The topological polar surface area (TPSA) is 90.9 Å². The molecule has 0 spiro atoms. The minimum atomic E-state index is -0.765. The van der Waals surface area contributed by atoms with E-state index < -0.39 is 11.9 Å². The van der Waals surface area contributed by atoms with Crippen LogP contribution in [0.4, 0.5) is 0 Å². The fraction of sp³-hybridized carbons (Fsp3) is 0.450. The van der Waals surface area contributed by atoms with Crippen molar-refractivity contribution in [1.29, 1.82) is 5.26 Å². The Balaban J connectivity index is 2.10. The second-order valence-electron chi connectivity index (χ2n) is 6.84. The van der Waals surface area contributed by atoms with Gasteiger partial charge in [-0.25, -0.2) is 0 Å². The molecule has 138 valence electrons. The molecule has 6 nitrogen and oxygen atoms in total. The summed E-state index contributed by atoms with van der Waals surface area (Å²) in [6.45, 7) is 5.57. The SMILES string of the molecule is CC(C)CC(CNCc1cn(CCC#N)nc1-c1ccccc1)C(=O)O. The first-order chi connectivity index (χ1) is 12.5. The van der Waals surface area contributed by atoms with E-state index >= 15 is 0 Å². The second-order valence-corrected chi connectivity index (χ2v) is 6.84. The molecule has 0 amide bonds. The highest BCUT2D eigenvalue weighted by Gasteiger charge is 2.19. The number of carboxylic acid groups (broad SMARTS) is 1. The third-order valence-corrected chi connectivity index (χ3v) is 4.15. The lowest BCUT2D eigenvalue weighted by Crippen LogP contribution is -2.29. The maximum absolute atomic E-state index is 11.4. The van der Waals surface area contributed by atoms with Gasteiger partial charge in [0.05, 0.1) is 30.6 Å². The van der Waals surface area contributed by atoms with Crippen molar-refractivity contribution in [1.82, 2.24) is 15.1 Å². The van der Waals surface area contributed by atoms with Crippen molar-refractivity contribution in [2.45, 2.75) is 39.8 Å². The van der Waals surface area contributed by atoms with E-state index in [0.717, 1.165) is 16.8 Å². The highest BCUT2D eigenvalue weighted by molar-refractivity contribution is 5.70. The highest BCUT2D eigenvalue weighted by atomic mass is 16.4. The van der Waals surface area contributed by atoms with Crippen molar-refractivity contribution < 1.29 is 9.90 Å². The van der Waals surface area contributed by atoms with Crippen LogP contribution in [-0.2, 0) is 17.9 Å². The molecular weight excluding hydrogens is 328 g/mol. The predicted molar refractivity (Wildman–Crippen MR) is 100 cm³/mol. The molecule has 1 unspecified atom stereocenters. The van der Waals surface area contributed by atoms with Gasteiger partial charge in [-0.3, -0.25) is 9.48 Å². The molecule has 2 N–H and O–H groups in total. The van der Waals surface area contributed by atoms with Crippen molar-refractivity contribution in [2.24, 2.45) is 11.8 Å². The van der Waals surface area contributed by atoms with Crippen LogP contribution in [0, 0.1) is 23.2 Å². The average molecular weight is 354 g/mol. The van der Waals surface area contributed by atoms with Gasteiger partial charge in [0.1, 0.15) is 0 Å². The Bertz CT molecular complexity index is 747. The third kappa shape index (κ3) is 5.71. The molecule has 0 aliphatic rings. The largest absolute Gasteiger partial charge is 0.481 e. The van der Waals surface area contributed by atoms with E-state index in [0.29, 0.717) is 38.4 Å². The van der Waals surface area contributed by atoms with E-state index in [2.05, 4.69) is 16.5 Å². The summed E-state index contributed by atoms with van der Waals surface area (Å²) in [4.78, 5) is 11.4. The van der Waals surface area contributed by atoms with Gasteiger partial charge < -0.3 is 10.4 Å². The van der Waals surface area contributed by atoms with Gasteiger partial charge in [-0.05, 0) is 12.3 Å². The van der Waals surface area contributed by atoms with Crippen LogP contribution in [0.1, 0.15) is 32.3 Å². The highest BCUT2D eigenvalue weighted by Crippen LogP contribution is 2.22. The van der Waals surface area contributed by atoms with Crippen molar-refractivity contribution in [2.75, 3.05) is 6.54 Å². The fourth-order valence-electron chi connectivity index (χ4n) is 2.93. The number of hydrogen-bond donors (Lipinski definition) is 2. The Labute approximate surface area is 154 Å². The minimum Gasteiger partial charge on any atom is -0.481 e. The Kier molecular flexibility index (Phi) is 7.37. The third-order valence-electron chi connectivity index (χ3n) is 4.15. The molecule has 2 aromatic rings. The van der Waals surface area contributed by atoms with Crippen LogP contribution >= 0.6 is 0 Å². The van der Waals surface area contributed by atoms with Gasteiger partial charge in [0.2, 0.25) is 0 Å². The van der Waals surface area contributed by atoms with Crippen LogP contribution in [0.5, 0.6) is 0 Å². The van der Waals surface area contributed by atoms with E-state index in [-0.39, 0.29) is 0 Å². The number of carbonyl (C=O) groups is 1. The fourth-order valence-corrected chi connectivity index (χ4v) is 2.93. The van der Waals surface area contributed by atoms with E-state index in [1.807, 2.05) is 50.4 Å². The molecule has 0 fully saturated rings. The maximum Gasteiger partial charge on any atom is 0.307 e. The average Bonchev–Trinajstić information content (AvgIpc) is 3.02.